The van der Waals surface area contributed by atoms with E-state index in [0.717, 1.165) is 10.9 Å². The fourth-order valence-electron chi connectivity index (χ4n) is 2.53. The third-order valence-electron chi connectivity index (χ3n) is 3.83. The maximum atomic E-state index is 13.1. The first-order valence-electron chi connectivity index (χ1n) is 8.95. The first-order chi connectivity index (χ1) is 14.1. The van der Waals surface area contributed by atoms with Gasteiger partial charge in [-0.2, -0.15) is 5.10 Å². The first kappa shape index (κ1) is 19.8. The highest BCUT2D eigenvalue weighted by atomic mass is 19.1. The number of nitrogen functional groups attached to an aromatic ring is 1. The molecular weight excluding hydrogens is 377 g/mol. The van der Waals surface area contributed by atoms with Crippen LogP contribution in [0, 0.1) is 5.82 Å². The Bertz CT molecular complexity index is 1120. The van der Waals surface area contributed by atoms with Gasteiger partial charge in [0.15, 0.2) is 5.82 Å². The van der Waals surface area contributed by atoms with Crippen LogP contribution in [-0.4, -0.2) is 26.4 Å². The number of fused-ring (bicyclic) bond motifs is 1. The molecule has 2 amide bonds. The number of carbonyl (C=O) groups excluding carboxylic acids is 1. The molecule has 0 aliphatic rings. The van der Waals surface area contributed by atoms with Crippen molar-refractivity contribution in [3.8, 4) is 11.5 Å². The van der Waals surface area contributed by atoms with E-state index in [4.69, 9.17) is 10.2 Å². The average molecular weight is 397 g/mol. The molecule has 0 radical (unpaired) electrons. The number of halogens is 1. The number of benzene rings is 2. The summed E-state index contributed by atoms with van der Waals surface area (Å²) in [5.41, 5.74) is 7.83. The summed E-state index contributed by atoms with van der Waals surface area (Å²) in [4.78, 5) is 11.9. The summed E-state index contributed by atoms with van der Waals surface area (Å²) in [6, 6.07) is 10.6. The van der Waals surface area contributed by atoms with Crippen LogP contribution in [0.15, 0.2) is 46.9 Å². The van der Waals surface area contributed by atoms with E-state index in [-0.39, 0.29) is 24.3 Å². The molecule has 2 aromatic carbocycles. The van der Waals surface area contributed by atoms with Gasteiger partial charge >= 0.3 is 12.0 Å². The molecule has 0 aliphatic heterocycles. The summed E-state index contributed by atoms with van der Waals surface area (Å²) in [7, 11) is 0. The molecule has 0 fully saturated rings. The largest absolute Gasteiger partial charge is 0.403 e. The zero-order chi connectivity index (χ0) is 20.8. The Morgan fingerprint density at radius 1 is 1.21 bits per heavy atom. The molecular formula is C19H20FN7O2. The summed E-state index contributed by atoms with van der Waals surface area (Å²) in [5, 5.41) is 20.2. The van der Waals surface area contributed by atoms with E-state index in [9.17, 15) is 9.18 Å². The Kier molecular flexibility index (Phi) is 6.03. The second-order valence-electron chi connectivity index (χ2n) is 5.72. The minimum absolute atomic E-state index is 0.0676. The minimum atomic E-state index is -0.552. The van der Waals surface area contributed by atoms with Gasteiger partial charge in [-0.25, -0.2) is 9.18 Å². The third kappa shape index (κ3) is 4.67. The molecule has 2 aromatic heterocycles. The lowest BCUT2D eigenvalue weighted by atomic mass is 10.1. The smallest absolute Gasteiger partial charge is 0.324 e. The number of nitrogens with zero attached hydrogens (tertiary/aromatic N) is 3. The van der Waals surface area contributed by atoms with Crippen molar-refractivity contribution in [3.63, 3.8) is 0 Å². The standard InChI is InChI=1S/C17H14FN7O2.C2H6/c18-11-3-1-2-9(6-11)8-20-16(26)21-17-25-24-15(27-17)10-4-5-13-12(7-10)14(19)23-22-13;1-2/h1-7H,8H2,(H3,19,22,23)(H2,20,21,25,26);1-2H3. The molecule has 0 aliphatic carbocycles. The average Bonchev–Trinajstić information content (AvgIpc) is 3.35. The minimum Gasteiger partial charge on any atom is -0.403 e. The van der Waals surface area contributed by atoms with Gasteiger partial charge in [0, 0.05) is 17.5 Å². The van der Waals surface area contributed by atoms with Crippen molar-refractivity contribution in [2.24, 2.45) is 0 Å². The van der Waals surface area contributed by atoms with Gasteiger partial charge in [0.05, 0.1) is 5.52 Å². The molecule has 29 heavy (non-hydrogen) atoms. The molecule has 0 atom stereocenters. The number of amides is 2. The van der Waals surface area contributed by atoms with Crippen LogP contribution in [0.4, 0.5) is 21.0 Å². The molecule has 0 unspecified atom stereocenters. The van der Waals surface area contributed by atoms with Gasteiger partial charge in [0.25, 0.3) is 0 Å². The van der Waals surface area contributed by atoms with E-state index in [2.05, 4.69) is 31.0 Å². The maximum absolute atomic E-state index is 13.1. The first-order valence-corrected chi connectivity index (χ1v) is 8.95. The number of carbonyl (C=O) groups is 1. The lowest BCUT2D eigenvalue weighted by Gasteiger charge is -2.04. The molecule has 150 valence electrons. The molecule has 0 saturated carbocycles. The van der Waals surface area contributed by atoms with Crippen molar-refractivity contribution in [1.82, 2.24) is 25.7 Å². The van der Waals surface area contributed by atoms with Crippen LogP contribution in [0.1, 0.15) is 19.4 Å². The van der Waals surface area contributed by atoms with E-state index in [1.807, 2.05) is 13.8 Å². The highest BCUT2D eigenvalue weighted by Crippen LogP contribution is 2.26. The van der Waals surface area contributed by atoms with Crippen LogP contribution in [0.5, 0.6) is 0 Å². The number of aromatic nitrogens is 4. The van der Waals surface area contributed by atoms with E-state index >= 15 is 0 Å². The van der Waals surface area contributed by atoms with Crippen molar-refractivity contribution in [2.45, 2.75) is 20.4 Å². The molecule has 0 spiro atoms. The van der Waals surface area contributed by atoms with Crippen molar-refractivity contribution >= 4 is 28.8 Å². The van der Waals surface area contributed by atoms with Crippen LogP contribution in [0.3, 0.4) is 0 Å². The molecule has 4 aromatic rings. The van der Waals surface area contributed by atoms with Crippen molar-refractivity contribution in [3.05, 3.63) is 53.8 Å². The SMILES string of the molecule is CC.Nc1n[nH]c2ccc(-c3nnc(NC(=O)NCc4cccc(F)c4)o3)cc12. The van der Waals surface area contributed by atoms with Crippen LogP contribution >= 0.6 is 0 Å². The monoisotopic (exact) mass is 397 g/mol. The van der Waals surface area contributed by atoms with E-state index in [1.54, 1.807) is 30.3 Å². The molecule has 5 N–H and O–H groups in total. The normalized spacial score (nSPS) is 10.3. The van der Waals surface area contributed by atoms with Crippen LogP contribution < -0.4 is 16.4 Å². The summed E-state index contributed by atoms with van der Waals surface area (Å²) < 4.78 is 18.6. The number of rotatable bonds is 4. The summed E-state index contributed by atoms with van der Waals surface area (Å²) in [5.74, 6) is 0.214. The molecule has 10 heteroatoms. The lowest BCUT2D eigenvalue weighted by molar-refractivity contribution is 0.251. The van der Waals surface area contributed by atoms with Gasteiger partial charge < -0.3 is 15.5 Å². The highest BCUT2D eigenvalue weighted by molar-refractivity contribution is 5.91. The Labute approximate surface area is 165 Å². The number of nitrogens with two attached hydrogens (primary N) is 1. The van der Waals surface area contributed by atoms with Crippen LogP contribution in [0.2, 0.25) is 0 Å². The van der Waals surface area contributed by atoms with Crippen molar-refractivity contribution in [1.29, 1.82) is 0 Å². The highest BCUT2D eigenvalue weighted by Gasteiger charge is 2.13. The summed E-state index contributed by atoms with van der Waals surface area (Å²) in [6.07, 6.45) is 0. The molecule has 0 bridgehead atoms. The predicted octanol–water partition coefficient (Wildman–Crippen LogP) is 3.68. The lowest BCUT2D eigenvalue weighted by Crippen LogP contribution is -2.28. The topological polar surface area (TPSA) is 135 Å². The second kappa shape index (κ2) is 8.83. The number of nitrogens with one attached hydrogen (secondary N) is 3. The van der Waals surface area contributed by atoms with E-state index in [1.165, 1.54) is 12.1 Å². The van der Waals surface area contributed by atoms with Gasteiger partial charge in [0.1, 0.15) is 5.82 Å². The predicted molar refractivity (Wildman–Crippen MR) is 107 cm³/mol. The van der Waals surface area contributed by atoms with E-state index in [0.29, 0.717) is 16.9 Å². The molecule has 4 rings (SSSR count). The van der Waals surface area contributed by atoms with Crippen LogP contribution in [0.25, 0.3) is 22.4 Å². The van der Waals surface area contributed by atoms with Crippen molar-refractivity contribution in [2.75, 3.05) is 11.1 Å². The number of urea groups is 1. The number of hydrogen-bond acceptors (Lipinski definition) is 6. The number of H-pyrrole nitrogens is 1. The van der Waals surface area contributed by atoms with Crippen molar-refractivity contribution < 1.29 is 13.6 Å². The van der Waals surface area contributed by atoms with Gasteiger partial charge in [-0.15, -0.1) is 5.10 Å². The quantitative estimate of drug-likeness (QED) is 0.415. The fourth-order valence-corrected chi connectivity index (χ4v) is 2.53. The van der Waals surface area contributed by atoms with E-state index < -0.39 is 6.03 Å². The third-order valence-corrected chi connectivity index (χ3v) is 3.83. The number of anilines is 2. The Morgan fingerprint density at radius 2 is 2.03 bits per heavy atom. The zero-order valence-corrected chi connectivity index (χ0v) is 15.9. The fraction of sp³-hybridized carbons (Fsp3) is 0.158. The van der Waals surface area contributed by atoms with Gasteiger partial charge in [0.2, 0.25) is 5.89 Å². The molecule has 9 nitrogen and oxygen atoms in total. The second-order valence-corrected chi connectivity index (χ2v) is 5.72. The Hall–Kier alpha value is -3.95. The zero-order valence-electron chi connectivity index (χ0n) is 15.9. The number of aromatic amines is 1. The van der Waals surface area contributed by atoms with Gasteiger partial charge in [-0.1, -0.05) is 31.1 Å². The van der Waals surface area contributed by atoms with Gasteiger partial charge in [-0.3, -0.25) is 10.4 Å². The molecule has 2 heterocycles. The molecule has 0 saturated heterocycles. The Morgan fingerprint density at radius 3 is 2.83 bits per heavy atom. The Balaban J connectivity index is 0.00000117. The van der Waals surface area contributed by atoms with Gasteiger partial charge in [-0.05, 0) is 35.9 Å². The summed E-state index contributed by atoms with van der Waals surface area (Å²) >= 11 is 0. The number of hydrogen-bond donors (Lipinski definition) is 4. The maximum Gasteiger partial charge on any atom is 0.324 e. The van der Waals surface area contributed by atoms with Crippen LogP contribution in [-0.2, 0) is 6.54 Å². The summed E-state index contributed by atoms with van der Waals surface area (Å²) in [6.45, 7) is 4.15.